The maximum atomic E-state index is 11.4. The molecule has 2 N–H and O–H groups in total. The monoisotopic (exact) mass is 249 g/mol. The van der Waals surface area contributed by atoms with E-state index in [-0.39, 0.29) is 12.4 Å². The van der Waals surface area contributed by atoms with Crippen LogP contribution in [0.2, 0.25) is 0 Å². The minimum atomic E-state index is -0.577. The molecule has 0 bridgehead atoms. The lowest BCUT2D eigenvalue weighted by molar-refractivity contribution is 0.155. The summed E-state index contributed by atoms with van der Waals surface area (Å²) in [6.07, 6.45) is -0.577. The number of benzene rings is 1. The molecule has 1 heterocycles. The number of rotatable bonds is 3. The van der Waals surface area contributed by atoms with Crippen molar-refractivity contribution in [1.29, 1.82) is 0 Å². The zero-order chi connectivity index (χ0) is 12.1. The van der Waals surface area contributed by atoms with Gasteiger partial charge in [-0.25, -0.2) is 4.79 Å². The molecule has 2 rings (SSSR count). The molecular weight excluding hydrogens is 238 g/mol. The van der Waals surface area contributed by atoms with Gasteiger partial charge in [-0.3, -0.25) is 5.32 Å². The first kappa shape index (κ1) is 11.5. The van der Waals surface area contributed by atoms with Gasteiger partial charge in [-0.15, -0.1) is 11.3 Å². The first-order valence-electron chi connectivity index (χ1n) is 5.00. The van der Waals surface area contributed by atoms with Gasteiger partial charge in [0.25, 0.3) is 0 Å². The number of amides is 1. The Morgan fingerprint density at radius 1 is 1.29 bits per heavy atom. The topological polar surface area (TPSA) is 58.6 Å². The number of carbonyl (C=O) groups excluding carboxylic acids is 1. The van der Waals surface area contributed by atoms with Crippen LogP contribution in [0, 0.1) is 0 Å². The van der Waals surface area contributed by atoms with Crippen LogP contribution in [0.1, 0.15) is 5.56 Å². The van der Waals surface area contributed by atoms with Crippen LogP contribution < -0.4 is 5.32 Å². The Morgan fingerprint density at radius 3 is 2.71 bits per heavy atom. The summed E-state index contributed by atoms with van der Waals surface area (Å²) in [6.45, 7) is 0.207. The largest absolute Gasteiger partial charge is 0.505 e. The highest BCUT2D eigenvalue weighted by molar-refractivity contribution is 7.14. The second-order valence-electron chi connectivity index (χ2n) is 3.32. The molecule has 0 spiro atoms. The zero-order valence-corrected chi connectivity index (χ0v) is 9.74. The number of carbonyl (C=O) groups is 1. The number of ether oxygens (including phenoxy) is 1. The van der Waals surface area contributed by atoms with E-state index in [9.17, 15) is 9.90 Å². The minimum Gasteiger partial charge on any atom is -0.505 e. The fraction of sp³-hybridized carbons (Fsp3) is 0.0833. The molecule has 0 atom stereocenters. The highest BCUT2D eigenvalue weighted by atomic mass is 32.1. The van der Waals surface area contributed by atoms with E-state index in [1.807, 2.05) is 30.3 Å². The van der Waals surface area contributed by atoms with Gasteiger partial charge in [-0.1, -0.05) is 30.3 Å². The van der Waals surface area contributed by atoms with E-state index in [4.69, 9.17) is 4.74 Å². The zero-order valence-electron chi connectivity index (χ0n) is 8.92. The lowest BCUT2D eigenvalue weighted by atomic mass is 10.2. The number of aromatic hydroxyl groups is 1. The van der Waals surface area contributed by atoms with Crippen molar-refractivity contribution < 1.29 is 14.6 Å². The second kappa shape index (κ2) is 5.36. The van der Waals surface area contributed by atoms with Gasteiger partial charge >= 0.3 is 6.09 Å². The molecule has 4 nitrogen and oxygen atoms in total. The van der Waals surface area contributed by atoms with Crippen molar-refractivity contribution in [2.45, 2.75) is 6.61 Å². The standard InChI is InChI=1S/C12H11NO3S/c14-10-6-7-17-11(10)13-12(15)16-8-9-4-2-1-3-5-9/h1-7,14H,8H2,(H,13,15). The van der Waals surface area contributed by atoms with E-state index >= 15 is 0 Å². The third-order valence-electron chi connectivity index (χ3n) is 2.07. The molecule has 17 heavy (non-hydrogen) atoms. The van der Waals surface area contributed by atoms with Crippen molar-refractivity contribution >= 4 is 22.4 Å². The molecule has 1 aromatic heterocycles. The van der Waals surface area contributed by atoms with Gasteiger partial charge in [0.2, 0.25) is 0 Å². The van der Waals surface area contributed by atoms with Crippen LogP contribution >= 0.6 is 11.3 Å². The molecule has 88 valence electrons. The van der Waals surface area contributed by atoms with Crippen molar-refractivity contribution in [2.75, 3.05) is 5.32 Å². The highest BCUT2D eigenvalue weighted by Crippen LogP contribution is 2.29. The van der Waals surface area contributed by atoms with Crippen molar-refractivity contribution in [1.82, 2.24) is 0 Å². The predicted molar refractivity (Wildman–Crippen MR) is 66.2 cm³/mol. The molecule has 1 aromatic carbocycles. The smallest absolute Gasteiger partial charge is 0.412 e. The molecule has 0 aliphatic heterocycles. The van der Waals surface area contributed by atoms with Crippen LogP contribution in [0.4, 0.5) is 9.80 Å². The first-order chi connectivity index (χ1) is 8.25. The maximum absolute atomic E-state index is 11.4. The van der Waals surface area contributed by atoms with E-state index in [0.717, 1.165) is 5.56 Å². The molecule has 0 radical (unpaired) electrons. The number of thiophene rings is 1. The SMILES string of the molecule is O=C(Nc1sccc1O)OCc1ccccc1. The average Bonchev–Trinajstić information content (AvgIpc) is 2.74. The quantitative estimate of drug-likeness (QED) is 0.878. The van der Waals surface area contributed by atoms with Crippen LogP contribution in [-0.4, -0.2) is 11.2 Å². The normalized spacial score (nSPS) is 9.88. The van der Waals surface area contributed by atoms with Gasteiger partial charge in [0.05, 0.1) is 0 Å². The maximum Gasteiger partial charge on any atom is 0.412 e. The summed E-state index contributed by atoms with van der Waals surface area (Å²) in [5.74, 6) is 0.0478. The lowest BCUT2D eigenvalue weighted by Crippen LogP contribution is -2.12. The fourth-order valence-corrected chi connectivity index (χ4v) is 1.91. The van der Waals surface area contributed by atoms with E-state index in [0.29, 0.717) is 5.00 Å². The van der Waals surface area contributed by atoms with Crippen LogP contribution in [0.3, 0.4) is 0 Å². The molecule has 0 fully saturated rings. The van der Waals surface area contributed by atoms with E-state index in [1.54, 1.807) is 5.38 Å². The van der Waals surface area contributed by atoms with E-state index in [2.05, 4.69) is 5.32 Å². The molecule has 0 aliphatic carbocycles. The van der Waals surface area contributed by atoms with Crippen LogP contribution in [0.5, 0.6) is 5.75 Å². The number of anilines is 1. The molecular formula is C12H11NO3S. The number of hydrogen-bond donors (Lipinski definition) is 2. The minimum absolute atomic E-state index is 0.0478. The Kier molecular flexibility index (Phi) is 3.62. The summed E-state index contributed by atoms with van der Waals surface area (Å²) in [7, 11) is 0. The van der Waals surface area contributed by atoms with Crippen LogP contribution in [0.25, 0.3) is 0 Å². The summed E-state index contributed by atoms with van der Waals surface area (Å²) in [4.78, 5) is 11.4. The van der Waals surface area contributed by atoms with Crippen molar-refractivity contribution in [2.24, 2.45) is 0 Å². The van der Waals surface area contributed by atoms with Gasteiger partial charge in [-0.2, -0.15) is 0 Å². The first-order valence-corrected chi connectivity index (χ1v) is 5.88. The van der Waals surface area contributed by atoms with Gasteiger partial charge in [0.1, 0.15) is 17.4 Å². The third-order valence-corrected chi connectivity index (χ3v) is 2.89. The third kappa shape index (κ3) is 3.22. The van der Waals surface area contributed by atoms with Gasteiger partial charge < -0.3 is 9.84 Å². The Balaban J connectivity index is 1.85. The summed E-state index contributed by atoms with van der Waals surface area (Å²) in [5.41, 5.74) is 0.915. The Bertz CT molecular complexity index is 495. The van der Waals surface area contributed by atoms with Crippen molar-refractivity contribution in [3.8, 4) is 5.75 Å². The molecule has 0 saturated heterocycles. The van der Waals surface area contributed by atoms with Gasteiger partial charge in [0.15, 0.2) is 0 Å². The van der Waals surface area contributed by atoms with Crippen molar-refractivity contribution in [3.05, 3.63) is 47.3 Å². The predicted octanol–water partition coefficient (Wildman–Crippen LogP) is 3.20. The Morgan fingerprint density at radius 2 is 2.06 bits per heavy atom. The lowest BCUT2D eigenvalue weighted by Gasteiger charge is -2.05. The second-order valence-corrected chi connectivity index (χ2v) is 4.24. The Hall–Kier alpha value is -2.01. The Labute approximate surface area is 102 Å². The number of nitrogens with one attached hydrogen (secondary N) is 1. The van der Waals surface area contributed by atoms with E-state index < -0.39 is 6.09 Å². The molecule has 0 saturated carbocycles. The summed E-state index contributed by atoms with van der Waals surface area (Å²) in [5, 5.41) is 13.9. The molecule has 0 unspecified atom stereocenters. The summed E-state index contributed by atoms with van der Waals surface area (Å²) >= 11 is 1.24. The fourth-order valence-electron chi connectivity index (χ4n) is 1.25. The molecule has 1 amide bonds. The molecule has 2 aromatic rings. The van der Waals surface area contributed by atoms with E-state index in [1.165, 1.54) is 17.4 Å². The highest BCUT2D eigenvalue weighted by Gasteiger charge is 2.08. The van der Waals surface area contributed by atoms with Crippen LogP contribution in [0.15, 0.2) is 41.8 Å². The van der Waals surface area contributed by atoms with Crippen LogP contribution in [-0.2, 0) is 11.3 Å². The molecule has 0 aliphatic rings. The number of hydrogen-bond acceptors (Lipinski definition) is 4. The summed E-state index contributed by atoms with van der Waals surface area (Å²) < 4.78 is 5.00. The average molecular weight is 249 g/mol. The van der Waals surface area contributed by atoms with Gasteiger partial charge in [0, 0.05) is 0 Å². The summed E-state index contributed by atoms with van der Waals surface area (Å²) in [6, 6.07) is 10.9. The molecule has 5 heteroatoms. The van der Waals surface area contributed by atoms with Gasteiger partial charge in [-0.05, 0) is 17.0 Å². The van der Waals surface area contributed by atoms with Crippen molar-refractivity contribution in [3.63, 3.8) is 0 Å².